The molecule has 4 heteroatoms. The van der Waals surface area contributed by atoms with E-state index >= 15 is 0 Å². The van der Waals surface area contributed by atoms with Gasteiger partial charge in [0, 0.05) is 11.1 Å². The highest BCUT2D eigenvalue weighted by Crippen LogP contribution is 2.43. The van der Waals surface area contributed by atoms with E-state index in [1.165, 1.54) is 0 Å². The number of anilines is 1. The number of benzene rings is 2. The number of hydrogen-bond acceptors (Lipinski definition) is 4. The maximum atomic E-state index is 9.67. The lowest BCUT2D eigenvalue weighted by Crippen LogP contribution is -2.12. The van der Waals surface area contributed by atoms with E-state index in [1.54, 1.807) is 7.11 Å². The molecule has 0 radical (unpaired) electrons. The van der Waals surface area contributed by atoms with Crippen LogP contribution in [0.3, 0.4) is 0 Å². The number of rotatable bonds is 2. The molecule has 0 saturated heterocycles. The first-order chi connectivity index (χ1) is 11.2. The van der Waals surface area contributed by atoms with Gasteiger partial charge in [-0.25, -0.2) is 0 Å². The molecule has 0 fully saturated rings. The first-order valence-electron chi connectivity index (χ1n) is 7.63. The molecule has 0 spiro atoms. The number of ether oxygens (including phenoxy) is 1. The molecule has 0 bridgehead atoms. The van der Waals surface area contributed by atoms with E-state index in [9.17, 15) is 10.5 Å². The molecule has 23 heavy (non-hydrogen) atoms. The molecule has 2 N–H and O–H groups in total. The van der Waals surface area contributed by atoms with Crippen molar-refractivity contribution in [3.05, 3.63) is 46.5 Å². The number of nitriles is 2. The highest BCUT2D eigenvalue weighted by atomic mass is 16.5. The van der Waals surface area contributed by atoms with Crippen LogP contribution < -0.4 is 10.5 Å². The van der Waals surface area contributed by atoms with Crippen LogP contribution in [0.4, 0.5) is 5.69 Å². The van der Waals surface area contributed by atoms with Crippen LogP contribution in [0.15, 0.2) is 24.3 Å². The Morgan fingerprint density at radius 1 is 1.00 bits per heavy atom. The maximum absolute atomic E-state index is 9.67. The lowest BCUT2D eigenvalue weighted by molar-refractivity contribution is 0.416. The second-order valence-electron chi connectivity index (χ2n) is 5.63. The van der Waals surface area contributed by atoms with Gasteiger partial charge in [-0.05, 0) is 42.9 Å². The molecule has 0 heterocycles. The molecule has 1 aliphatic rings. The number of para-hydroxylation sites is 1. The largest absolute Gasteiger partial charge is 0.496 e. The predicted molar refractivity (Wildman–Crippen MR) is 88.9 cm³/mol. The fourth-order valence-corrected chi connectivity index (χ4v) is 3.42. The minimum atomic E-state index is 0.288. The van der Waals surface area contributed by atoms with Gasteiger partial charge < -0.3 is 10.5 Å². The van der Waals surface area contributed by atoms with E-state index in [0.29, 0.717) is 16.9 Å². The Balaban J connectivity index is 2.44. The molecule has 0 aliphatic heterocycles. The normalized spacial score (nSPS) is 12.8. The lowest BCUT2D eigenvalue weighted by atomic mass is 9.80. The number of nitrogens with two attached hydrogens (primary N) is 1. The van der Waals surface area contributed by atoms with Crippen LogP contribution in [0, 0.1) is 22.7 Å². The molecule has 2 aromatic carbocycles. The SMILES string of the molecule is COc1ccccc1-c1c(C#N)c(N)c(C#N)c2c1CCCC2. The van der Waals surface area contributed by atoms with Gasteiger partial charge in [0.1, 0.15) is 17.9 Å². The molecule has 3 rings (SSSR count). The van der Waals surface area contributed by atoms with Crippen molar-refractivity contribution < 1.29 is 4.74 Å². The van der Waals surface area contributed by atoms with Crippen LogP contribution in [0.25, 0.3) is 11.1 Å². The van der Waals surface area contributed by atoms with Crippen molar-refractivity contribution in [2.75, 3.05) is 12.8 Å². The zero-order valence-corrected chi connectivity index (χ0v) is 13.0. The molecular weight excluding hydrogens is 286 g/mol. The summed E-state index contributed by atoms with van der Waals surface area (Å²) in [6.45, 7) is 0. The van der Waals surface area contributed by atoms with Crippen LogP contribution >= 0.6 is 0 Å². The van der Waals surface area contributed by atoms with E-state index < -0.39 is 0 Å². The summed E-state index contributed by atoms with van der Waals surface area (Å²) in [5, 5.41) is 19.2. The molecule has 0 amide bonds. The Morgan fingerprint density at radius 3 is 2.30 bits per heavy atom. The summed E-state index contributed by atoms with van der Waals surface area (Å²) < 4.78 is 5.47. The number of hydrogen-bond donors (Lipinski definition) is 1. The number of nitrogens with zero attached hydrogens (tertiary/aromatic N) is 2. The van der Waals surface area contributed by atoms with Gasteiger partial charge in [-0.3, -0.25) is 0 Å². The number of methoxy groups -OCH3 is 1. The monoisotopic (exact) mass is 303 g/mol. The zero-order valence-electron chi connectivity index (χ0n) is 13.0. The minimum Gasteiger partial charge on any atom is -0.496 e. The second kappa shape index (κ2) is 6.02. The van der Waals surface area contributed by atoms with E-state index in [0.717, 1.165) is 47.9 Å². The maximum Gasteiger partial charge on any atom is 0.126 e. The van der Waals surface area contributed by atoms with Gasteiger partial charge in [-0.1, -0.05) is 18.2 Å². The fourth-order valence-electron chi connectivity index (χ4n) is 3.42. The Hall–Kier alpha value is -2.98. The van der Waals surface area contributed by atoms with Crippen molar-refractivity contribution in [1.82, 2.24) is 0 Å². The van der Waals surface area contributed by atoms with Crippen molar-refractivity contribution in [2.24, 2.45) is 0 Å². The van der Waals surface area contributed by atoms with E-state index in [4.69, 9.17) is 10.5 Å². The van der Waals surface area contributed by atoms with Gasteiger partial charge in [0.2, 0.25) is 0 Å². The van der Waals surface area contributed by atoms with Crippen molar-refractivity contribution in [2.45, 2.75) is 25.7 Å². The third-order valence-corrected chi connectivity index (χ3v) is 4.46. The predicted octanol–water partition coefficient (Wildman–Crippen LogP) is 3.57. The van der Waals surface area contributed by atoms with Crippen molar-refractivity contribution in [1.29, 1.82) is 10.5 Å². The molecule has 0 saturated carbocycles. The van der Waals surface area contributed by atoms with Crippen molar-refractivity contribution in [3.63, 3.8) is 0 Å². The number of fused-ring (bicyclic) bond motifs is 1. The molecule has 0 unspecified atom stereocenters. The molecule has 0 atom stereocenters. The average Bonchev–Trinajstić information content (AvgIpc) is 2.60. The van der Waals surface area contributed by atoms with Gasteiger partial charge >= 0.3 is 0 Å². The van der Waals surface area contributed by atoms with E-state index in [2.05, 4.69) is 12.1 Å². The van der Waals surface area contributed by atoms with Gasteiger partial charge in [-0.15, -0.1) is 0 Å². The van der Waals surface area contributed by atoms with Gasteiger partial charge in [0.25, 0.3) is 0 Å². The molecule has 1 aliphatic carbocycles. The second-order valence-corrected chi connectivity index (χ2v) is 5.63. The summed E-state index contributed by atoms with van der Waals surface area (Å²) in [4.78, 5) is 0. The summed E-state index contributed by atoms with van der Waals surface area (Å²) in [6, 6.07) is 12.0. The summed E-state index contributed by atoms with van der Waals surface area (Å²) in [7, 11) is 1.62. The van der Waals surface area contributed by atoms with Crippen LogP contribution in [0.5, 0.6) is 5.75 Å². The standard InChI is InChI=1S/C19H17N3O/c1-23-17-9-5-4-8-14(17)18-13-7-3-2-6-12(13)15(10-20)19(22)16(18)11-21/h4-5,8-9H,2-3,6-7,22H2,1H3. The van der Waals surface area contributed by atoms with Crippen LogP contribution in [-0.4, -0.2) is 7.11 Å². The van der Waals surface area contributed by atoms with Crippen LogP contribution in [-0.2, 0) is 12.8 Å². The molecule has 2 aromatic rings. The quantitative estimate of drug-likeness (QED) is 0.860. The minimum absolute atomic E-state index is 0.288. The Morgan fingerprint density at radius 2 is 1.65 bits per heavy atom. The first kappa shape index (κ1) is 14.9. The summed E-state index contributed by atoms with van der Waals surface area (Å²) >= 11 is 0. The smallest absolute Gasteiger partial charge is 0.126 e. The Kier molecular flexibility index (Phi) is 3.91. The highest BCUT2D eigenvalue weighted by Gasteiger charge is 2.26. The summed E-state index contributed by atoms with van der Waals surface area (Å²) in [6.07, 6.45) is 3.77. The fraction of sp³-hybridized carbons (Fsp3) is 0.263. The Bertz CT molecular complexity index is 856. The molecule has 4 nitrogen and oxygen atoms in total. The third kappa shape index (κ3) is 2.29. The van der Waals surface area contributed by atoms with E-state index in [-0.39, 0.29) is 5.69 Å². The zero-order chi connectivity index (χ0) is 16.4. The van der Waals surface area contributed by atoms with Crippen molar-refractivity contribution in [3.8, 4) is 29.0 Å². The first-order valence-corrected chi connectivity index (χ1v) is 7.63. The van der Waals surface area contributed by atoms with Crippen LogP contribution in [0.2, 0.25) is 0 Å². The highest BCUT2D eigenvalue weighted by molar-refractivity contribution is 5.87. The average molecular weight is 303 g/mol. The van der Waals surface area contributed by atoms with Crippen molar-refractivity contribution >= 4 is 5.69 Å². The molecule has 114 valence electrons. The molecule has 0 aromatic heterocycles. The summed E-state index contributed by atoms with van der Waals surface area (Å²) in [5.74, 6) is 0.709. The lowest BCUT2D eigenvalue weighted by Gasteiger charge is -2.24. The molecular formula is C19H17N3O. The van der Waals surface area contributed by atoms with Gasteiger partial charge in [0.05, 0.1) is 23.9 Å². The summed E-state index contributed by atoms with van der Waals surface area (Å²) in [5.41, 5.74) is 11.1. The van der Waals surface area contributed by atoms with Crippen LogP contribution in [0.1, 0.15) is 35.1 Å². The topological polar surface area (TPSA) is 82.8 Å². The number of nitrogen functional groups attached to an aromatic ring is 1. The Labute approximate surface area is 135 Å². The van der Waals surface area contributed by atoms with Gasteiger partial charge in [-0.2, -0.15) is 10.5 Å². The third-order valence-electron chi connectivity index (χ3n) is 4.46. The van der Waals surface area contributed by atoms with Gasteiger partial charge in [0.15, 0.2) is 0 Å². The van der Waals surface area contributed by atoms with E-state index in [1.807, 2.05) is 24.3 Å².